The lowest BCUT2D eigenvalue weighted by atomic mass is 9.96. The van der Waals surface area contributed by atoms with Crippen molar-refractivity contribution in [3.63, 3.8) is 0 Å². The average molecular weight is 294 g/mol. The summed E-state index contributed by atoms with van der Waals surface area (Å²) < 4.78 is 1.63. The number of nitrogens with one attached hydrogen (secondary N) is 1. The fourth-order valence-corrected chi connectivity index (χ4v) is 3.06. The summed E-state index contributed by atoms with van der Waals surface area (Å²) in [7, 11) is 1.78. The van der Waals surface area contributed by atoms with E-state index in [4.69, 9.17) is 0 Å². The molecule has 0 unspecified atom stereocenters. The highest BCUT2D eigenvalue weighted by molar-refractivity contribution is 5.61. The lowest BCUT2D eigenvalue weighted by Gasteiger charge is -2.21. The molecule has 1 aromatic heterocycles. The van der Waals surface area contributed by atoms with Gasteiger partial charge in [0.25, 0.3) is 0 Å². The quantitative estimate of drug-likeness (QED) is 0.673. The number of nitrogens with zero attached hydrogens (tertiary/aromatic N) is 3. The summed E-state index contributed by atoms with van der Waals surface area (Å²) in [4.78, 5) is 11.1. The zero-order valence-electron chi connectivity index (χ0n) is 13.3. The van der Waals surface area contributed by atoms with E-state index >= 15 is 0 Å². The van der Waals surface area contributed by atoms with Crippen molar-refractivity contribution in [2.45, 2.75) is 70.8 Å². The molecule has 118 valence electrons. The normalized spacial score (nSPS) is 17.5. The van der Waals surface area contributed by atoms with Crippen LogP contribution in [0.25, 0.3) is 0 Å². The molecular weight excluding hydrogens is 268 g/mol. The van der Waals surface area contributed by atoms with E-state index in [2.05, 4.69) is 10.4 Å². The molecule has 6 heteroatoms. The van der Waals surface area contributed by atoms with Gasteiger partial charge in [-0.2, -0.15) is 5.10 Å². The van der Waals surface area contributed by atoms with Crippen LogP contribution in [0.1, 0.15) is 70.4 Å². The van der Waals surface area contributed by atoms with Crippen LogP contribution in [0.5, 0.6) is 0 Å². The molecule has 2 rings (SSSR count). The van der Waals surface area contributed by atoms with Gasteiger partial charge in [0, 0.05) is 19.0 Å². The Bertz CT molecular complexity index is 488. The molecular formula is C15H26N4O2. The fraction of sp³-hybridized carbons (Fsp3) is 0.800. The van der Waals surface area contributed by atoms with E-state index in [9.17, 15) is 10.1 Å². The zero-order chi connectivity index (χ0) is 15.4. The molecule has 1 N–H and O–H groups in total. The van der Waals surface area contributed by atoms with E-state index in [1.165, 1.54) is 32.1 Å². The Hall–Kier alpha value is -1.59. The molecule has 1 saturated carbocycles. The molecule has 0 bridgehead atoms. The SMILES string of the molecule is CC(C)c1nn(C)c(NC2CCCCCCC2)c1[N+](=O)[O-]. The maximum Gasteiger partial charge on any atom is 0.334 e. The van der Waals surface area contributed by atoms with Crippen LogP contribution in [0.3, 0.4) is 0 Å². The van der Waals surface area contributed by atoms with Gasteiger partial charge < -0.3 is 5.32 Å². The third-order valence-electron chi connectivity index (χ3n) is 4.22. The van der Waals surface area contributed by atoms with Crippen molar-refractivity contribution < 1.29 is 4.92 Å². The monoisotopic (exact) mass is 294 g/mol. The number of hydrogen-bond acceptors (Lipinski definition) is 4. The highest BCUT2D eigenvalue weighted by Crippen LogP contribution is 2.34. The summed E-state index contributed by atoms with van der Waals surface area (Å²) in [5, 5.41) is 19.2. The van der Waals surface area contributed by atoms with Gasteiger partial charge in [0.2, 0.25) is 5.82 Å². The van der Waals surface area contributed by atoms with Crippen LogP contribution in [-0.2, 0) is 7.05 Å². The van der Waals surface area contributed by atoms with Crippen molar-refractivity contribution in [1.29, 1.82) is 0 Å². The number of aromatic nitrogens is 2. The van der Waals surface area contributed by atoms with Crippen LogP contribution in [0, 0.1) is 10.1 Å². The van der Waals surface area contributed by atoms with E-state index in [-0.39, 0.29) is 16.5 Å². The molecule has 0 saturated heterocycles. The molecule has 1 aliphatic rings. The van der Waals surface area contributed by atoms with Gasteiger partial charge in [-0.1, -0.05) is 46.0 Å². The van der Waals surface area contributed by atoms with Crippen molar-refractivity contribution in [2.24, 2.45) is 7.05 Å². The van der Waals surface area contributed by atoms with Gasteiger partial charge in [-0.3, -0.25) is 10.1 Å². The number of rotatable bonds is 4. The number of nitro groups is 1. The van der Waals surface area contributed by atoms with Gasteiger partial charge in [0.1, 0.15) is 5.69 Å². The van der Waals surface area contributed by atoms with Crippen LogP contribution in [-0.4, -0.2) is 20.7 Å². The summed E-state index contributed by atoms with van der Waals surface area (Å²) >= 11 is 0. The van der Waals surface area contributed by atoms with E-state index in [0.29, 0.717) is 17.6 Å². The van der Waals surface area contributed by atoms with Gasteiger partial charge in [-0.05, 0) is 12.8 Å². The average Bonchev–Trinajstić information content (AvgIpc) is 2.70. The predicted molar refractivity (Wildman–Crippen MR) is 83.7 cm³/mol. The Morgan fingerprint density at radius 2 is 1.81 bits per heavy atom. The third kappa shape index (κ3) is 3.74. The smallest absolute Gasteiger partial charge is 0.334 e. The maximum absolute atomic E-state index is 11.4. The van der Waals surface area contributed by atoms with Gasteiger partial charge in [-0.15, -0.1) is 0 Å². The second-order valence-corrected chi connectivity index (χ2v) is 6.30. The minimum Gasteiger partial charge on any atom is -0.362 e. The first-order valence-corrected chi connectivity index (χ1v) is 7.98. The third-order valence-corrected chi connectivity index (χ3v) is 4.22. The Balaban J connectivity index is 2.23. The predicted octanol–water partition coefficient (Wildman–Crippen LogP) is 3.98. The highest BCUT2D eigenvalue weighted by atomic mass is 16.6. The second kappa shape index (κ2) is 6.91. The Labute approximate surface area is 126 Å². The molecule has 0 aliphatic heterocycles. The highest BCUT2D eigenvalue weighted by Gasteiger charge is 2.29. The molecule has 1 heterocycles. The van der Waals surface area contributed by atoms with Gasteiger partial charge in [0.15, 0.2) is 0 Å². The summed E-state index contributed by atoms with van der Waals surface area (Å²) in [6, 6.07) is 0.319. The Morgan fingerprint density at radius 3 is 2.33 bits per heavy atom. The lowest BCUT2D eigenvalue weighted by molar-refractivity contribution is -0.384. The Morgan fingerprint density at radius 1 is 1.24 bits per heavy atom. The van der Waals surface area contributed by atoms with Crippen LogP contribution in [0.4, 0.5) is 11.5 Å². The minimum absolute atomic E-state index is 0.0458. The molecule has 0 aromatic carbocycles. The molecule has 21 heavy (non-hydrogen) atoms. The summed E-state index contributed by atoms with van der Waals surface area (Å²) in [5.41, 5.74) is 0.713. The first kappa shape index (κ1) is 15.8. The molecule has 6 nitrogen and oxygen atoms in total. The summed E-state index contributed by atoms with van der Waals surface area (Å²) in [6.45, 7) is 3.88. The largest absolute Gasteiger partial charge is 0.362 e. The standard InChI is InChI=1S/C15H26N4O2/c1-11(2)13-14(19(20)21)15(18(3)17-13)16-12-9-7-5-4-6-8-10-12/h11-12,16H,4-10H2,1-3H3. The topological polar surface area (TPSA) is 73.0 Å². The molecule has 0 amide bonds. The maximum atomic E-state index is 11.4. The molecule has 1 fully saturated rings. The van der Waals surface area contributed by atoms with E-state index in [0.717, 1.165) is 12.8 Å². The minimum atomic E-state index is -0.298. The van der Waals surface area contributed by atoms with Crippen molar-refractivity contribution >= 4 is 11.5 Å². The fourth-order valence-electron chi connectivity index (χ4n) is 3.06. The van der Waals surface area contributed by atoms with E-state index in [1.54, 1.807) is 11.7 Å². The number of aryl methyl sites for hydroxylation is 1. The van der Waals surface area contributed by atoms with Gasteiger partial charge in [0.05, 0.1) is 4.92 Å². The molecule has 0 atom stereocenters. The van der Waals surface area contributed by atoms with Crippen LogP contribution < -0.4 is 5.32 Å². The van der Waals surface area contributed by atoms with Crippen LogP contribution >= 0.6 is 0 Å². The van der Waals surface area contributed by atoms with Crippen LogP contribution in [0.15, 0.2) is 0 Å². The lowest BCUT2D eigenvalue weighted by Crippen LogP contribution is -2.22. The first-order valence-electron chi connectivity index (χ1n) is 7.98. The van der Waals surface area contributed by atoms with Crippen LogP contribution in [0.2, 0.25) is 0 Å². The molecule has 1 aromatic rings. The number of anilines is 1. The summed E-state index contributed by atoms with van der Waals surface area (Å²) in [6.07, 6.45) is 8.40. The first-order chi connectivity index (χ1) is 10.0. The van der Waals surface area contributed by atoms with Crippen molar-refractivity contribution in [3.05, 3.63) is 15.8 Å². The van der Waals surface area contributed by atoms with Crippen molar-refractivity contribution in [3.8, 4) is 0 Å². The second-order valence-electron chi connectivity index (χ2n) is 6.30. The van der Waals surface area contributed by atoms with Crippen molar-refractivity contribution in [2.75, 3.05) is 5.32 Å². The van der Waals surface area contributed by atoms with E-state index in [1.807, 2.05) is 13.8 Å². The molecule has 0 radical (unpaired) electrons. The van der Waals surface area contributed by atoms with Gasteiger partial charge in [-0.25, -0.2) is 4.68 Å². The number of hydrogen-bond donors (Lipinski definition) is 1. The van der Waals surface area contributed by atoms with E-state index < -0.39 is 0 Å². The zero-order valence-corrected chi connectivity index (χ0v) is 13.3. The van der Waals surface area contributed by atoms with Crippen molar-refractivity contribution in [1.82, 2.24) is 9.78 Å². The van der Waals surface area contributed by atoms with Gasteiger partial charge >= 0.3 is 5.69 Å². The molecule has 1 aliphatic carbocycles. The summed E-state index contributed by atoms with van der Waals surface area (Å²) in [5.74, 6) is 0.610. The Kier molecular flexibility index (Phi) is 5.20. The molecule has 0 spiro atoms.